The van der Waals surface area contributed by atoms with Gasteiger partial charge in [0, 0.05) is 25.7 Å². The molecule has 17 nitrogen and oxygen atoms in total. The van der Waals surface area contributed by atoms with Crippen LogP contribution in [-0.4, -0.2) is 96.7 Å². The zero-order valence-electron chi connectivity index (χ0n) is 69.2. The smallest absolute Gasteiger partial charge is 0.462 e. The highest BCUT2D eigenvalue weighted by atomic mass is 31.2. The van der Waals surface area contributed by atoms with Gasteiger partial charge in [0.2, 0.25) is 0 Å². The molecule has 0 rings (SSSR count). The van der Waals surface area contributed by atoms with Crippen LogP contribution in [0.2, 0.25) is 0 Å². The Bertz CT molecular complexity index is 2030. The van der Waals surface area contributed by atoms with Crippen LogP contribution in [0.25, 0.3) is 0 Å². The first-order chi connectivity index (χ1) is 50.7. The zero-order chi connectivity index (χ0) is 77.2. The van der Waals surface area contributed by atoms with Crippen LogP contribution >= 0.6 is 15.6 Å². The van der Waals surface area contributed by atoms with Crippen molar-refractivity contribution in [2.45, 2.75) is 471 Å². The van der Waals surface area contributed by atoms with Crippen molar-refractivity contribution < 1.29 is 80.2 Å². The van der Waals surface area contributed by atoms with Gasteiger partial charge in [-0.05, 0) is 43.4 Å². The average Bonchev–Trinajstić information content (AvgIpc) is 0.904. The number of carbonyl (C=O) groups excluding carboxylic acids is 4. The number of aliphatic hydroxyl groups is 1. The van der Waals surface area contributed by atoms with Gasteiger partial charge >= 0.3 is 39.5 Å². The Morgan fingerprint density at radius 3 is 0.648 bits per heavy atom. The predicted octanol–water partition coefficient (Wildman–Crippen LogP) is 26.1. The van der Waals surface area contributed by atoms with Gasteiger partial charge in [-0.2, -0.15) is 0 Å². The number of hydrogen-bond donors (Lipinski definition) is 3. The SMILES string of the molecule is CCCCCCCCCCCCCCCCCCCCCCCCC(=O)O[C@H](COC(=O)CCCCCCCCCCCCCCCCCCC(C)C)COP(=O)(O)OC[C@@H](O)COP(=O)(O)OC[C@@H](COC(=O)CCCCCCCCCC(C)C)OC(=O)CCCCCCCCCCCCCC(C)C. The molecular weight excluding hydrogens is 1370 g/mol. The molecule has 624 valence electrons. The van der Waals surface area contributed by atoms with Crippen molar-refractivity contribution >= 4 is 39.5 Å². The number of aliphatic hydroxyl groups excluding tert-OH is 1. The lowest BCUT2D eigenvalue weighted by atomic mass is 10.0. The summed E-state index contributed by atoms with van der Waals surface area (Å²) in [6.45, 7) is 11.9. The van der Waals surface area contributed by atoms with Crippen LogP contribution in [0, 0.1) is 17.8 Å². The molecule has 0 spiro atoms. The topological polar surface area (TPSA) is 237 Å². The maximum Gasteiger partial charge on any atom is 0.472 e. The molecule has 5 atom stereocenters. The number of ether oxygens (including phenoxy) is 4. The number of phosphoric acid groups is 2. The van der Waals surface area contributed by atoms with Crippen LogP contribution < -0.4 is 0 Å². The van der Waals surface area contributed by atoms with Crippen LogP contribution in [0.15, 0.2) is 0 Å². The Hall–Kier alpha value is -1.94. The second-order valence-corrected chi connectivity index (χ2v) is 35.3. The maximum atomic E-state index is 13.1. The summed E-state index contributed by atoms with van der Waals surface area (Å²) in [5.41, 5.74) is 0. The molecular formula is C86H168O17P2. The molecule has 105 heavy (non-hydrogen) atoms. The third-order valence-corrected chi connectivity index (χ3v) is 22.0. The van der Waals surface area contributed by atoms with E-state index < -0.39 is 97.5 Å². The third-order valence-electron chi connectivity index (χ3n) is 20.1. The van der Waals surface area contributed by atoms with Gasteiger partial charge in [-0.1, -0.05) is 402 Å². The van der Waals surface area contributed by atoms with Crippen molar-refractivity contribution in [3.05, 3.63) is 0 Å². The second kappa shape index (κ2) is 76.1. The number of carbonyl (C=O) groups is 4. The monoisotopic (exact) mass is 1540 g/mol. The molecule has 0 heterocycles. The Balaban J connectivity index is 5.21. The highest BCUT2D eigenvalue weighted by Gasteiger charge is 2.30. The van der Waals surface area contributed by atoms with Crippen LogP contribution in [-0.2, 0) is 65.4 Å². The molecule has 0 saturated carbocycles. The standard InChI is InChI=1S/C86H168O17P2/c1-8-9-10-11-12-13-14-15-16-17-18-19-20-21-22-27-30-35-40-47-55-62-69-85(90)102-81(73-96-83(88)67-60-53-46-39-34-29-26-24-23-25-28-32-37-43-50-57-64-77(2)3)75-100-104(92,93)98-71-80(87)72-99-105(94,95)101-76-82(74-97-84(89)68-61-54-49-42-45-52-59-66-79(6)7)103-86(91)70-63-56-48-41-36-31-33-38-44-51-58-65-78(4)5/h77-82,87H,8-76H2,1-7H3,(H,92,93)(H,94,95)/t80-,81-,82-/m1/s1. The van der Waals surface area contributed by atoms with Gasteiger partial charge < -0.3 is 33.8 Å². The first-order valence-corrected chi connectivity index (χ1v) is 47.3. The second-order valence-electron chi connectivity index (χ2n) is 32.4. The quantitative estimate of drug-likeness (QED) is 0.0222. The van der Waals surface area contributed by atoms with E-state index in [9.17, 15) is 43.2 Å². The molecule has 0 aliphatic heterocycles. The van der Waals surface area contributed by atoms with Gasteiger partial charge in [0.1, 0.15) is 19.3 Å². The summed E-state index contributed by atoms with van der Waals surface area (Å²) < 4.78 is 68.9. The Morgan fingerprint density at radius 2 is 0.438 bits per heavy atom. The van der Waals surface area contributed by atoms with E-state index in [-0.39, 0.29) is 25.7 Å². The van der Waals surface area contributed by atoms with Crippen molar-refractivity contribution in [2.75, 3.05) is 39.6 Å². The molecule has 0 aliphatic carbocycles. The van der Waals surface area contributed by atoms with Gasteiger partial charge in [0.05, 0.1) is 26.4 Å². The van der Waals surface area contributed by atoms with E-state index in [0.717, 1.165) is 108 Å². The first kappa shape index (κ1) is 103. The molecule has 0 aromatic rings. The van der Waals surface area contributed by atoms with Crippen LogP contribution in [0.4, 0.5) is 0 Å². The summed E-state index contributed by atoms with van der Waals surface area (Å²) >= 11 is 0. The molecule has 0 aromatic heterocycles. The fourth-order valence-corrected chi connectivity index (χ4v) is 14.9. The van der Waals surface area contributed by atoms with Gasteiger partial charge in [-0.25, -0.2) is 9.13 Å². The lowest BCUT2D eigenvalue weighted by Gasteiger charge is -2.21. The predicted molar refractivity (Wildman–Crippen MR) is 432 cm³/mol. The van der Waals surface area contributed by atoms with Crippen molar-refractivity contribution in [2.24, 2.45) is 17.8 Å². The normalized spacial score (nSPS) is 13.9. The van der Waals surface area contributed by atoms with E-state index in [0.29, 0.717) is 31.6 Å². The van der Waals surface area contributed by atoms with Crippen LogP contribution in [0.5, 0.6) is 0 Å². The fourth-order valence-electron chi connectivity index (χ4n) is 13.4. The Morgan fingerprint density at radius 1 is 0.257 bits per heavy atom. The van der Waals surface area contributed by atoms with E-state index >= 15 is 0 Å². The molecule has 0 aromatic carbocycles. The number of unbranched alkanes of at least 4 members (excludes halogenated alkanes) is 52. The minimum Gasteiger partial charge on any atom is -0.462 e. The van der Waals surface area contributed by atoms with Gasteiger partial charge in [0.15, 0.2) is 12.2 Å². The number of hydrogen-bond acceptors (Lipinski definition) is 15. The van der Waals surface area contributed by atoms with E-state index in [2.05, 4.69) is 48.5 Å². The lowest BCUT2D eigenvalue weighted by molar-refractivity contribution is -0.161. The summed E-state index contributed by atoms with van der Waals surface area (Å²) in [7, 11) is -9.93. The van der Waals surface area contributed by atoms with Crippen LogP contribution in [0.3, 0.4) is 0 Å². The van der Waals surface area contributed by atoms with E-state index in [1.807, 2.05) is 0 Å². The minimum atomic E-state index is -4.97. The number of esters is 4. The number of rotatable bonds is 84. The summed E-state index contributed by atoms with van der Waals surface area (Å²) in [5, 5.41) is 10.7. The van der Waals surface area contributed by atoms with Crippen molar-refractivity contribution in [3.8, 4) is 0 Å². The highest BCUT2D eigenvalue weighted by molar-refractivity contribution is 7.47. The summed E-state index contributed by atoms with van der Waals surface area (Å²) in [6, 6.07) is 0. The highest BCUT2D eigenvalue weighted by Crippen LogP contribution is 2.45. The molecule has 0 radical (unpaired) electrons. The lowest BCUT2D eigenvalue weighted by Crippen LogP contribution is -2.30. The van der Waals surface area contributed by atoms with E-state index in [1.165, 1.54) is 257 Å². The zero-order valence-corrected chi connectivity index (χ0v) is 71.0. The van der Waals surface area contributed by atoms with E-state index in [1.54, 1.807) is 0 Å². The van der Waals surface area contributed by atoms with Crippen LogP contribution in [0.1, 0.15) is 453 Å². The van der Waals surface area contributed by atoms with Crippen molar-refractivity contribution in [3.63, 3.8) is 0 Å². The molecule has 3 N–H and O–H groups in total. The Labute approximate surface area is 645 Å². The van der Waals surface area contributed by atoms with E-state index in [4.69, 9.17) is 37.0 Å². The summed E-state index contributed by atoms with van der Waals surface area (Å²) in [5.74, 6) is 0.175. The molecule has 0 amide bonds. The molecule has 0 saturated heterocycles. The Kier molecular flexibility index (Phi) is 74.7. The van der Waals surface area contributed by atoms with Gasteiger partial charge in [-0.3, -0.25) is 37.3 Å². The first-order valence-electron chi connectivity index (χ1n) is 44.3. The van der Waals surface area contributed by atoms with Gasteiger partial charge in [0.25, 0.3) is 0 Å². The molecule has 0 aliphatic rings. The molecule has 2 unspecified atom stereocenters. The fraction of sp³-hybridized carbons (Fsp3) is 0.953. The van der Waals surface area contributed by atoms with Crippen molar-refractivity contribution in [1.82, 2.24) is 0 Å². The molecule has 0 fully saturated rings. The molecule has 19 heteroatoms. The minimum absolute atomic E-state index is 0.106. The molecule has 0 bridgehead atoms. The third kappa shape index (κ3) is 79.9. The summed E-state index contributed by atoms with van der Waals surface area (Å²) in [4.78, 5) is 73.2. The maximum absolute atomic E-state index is 13.1. The average molecular weight is 1540 g/mol. The number of phosphoric ester groups is 2. The largest absolute Gasteiger partial charge is 0.472 e. The summed E-state index contributed by atoms with van der Waals surface area (Å²) in [6.07, 6.45) is 66.9. The van der Waals surface area contributed by atoms with Crippen molar-refractivity contribution in [1.29, 1.82) is 0 Å². The van der Waals surface area contributed by atoms with Gasteiger partial charge in [-0.15, -0.1) is 0 Å².